The first-order valence-electron chi connectivity index (χ1n) is 6.56. The number of methoxy groups -OCH3 is 2. The second kappa shape index (κ2) is 7.35. The number of hydrogen-bond acceptors (Lipinski definition) is 4. The third kappa shape index (κ3) is 3.82. The summed E-state index contributed by atoms with van der Waals surface area (Å²) in [7, 11) is 2.93. The Labute approximate surface area is 131 Å². The Morgan fingerprint density at radius 3 is 2.57 bits per heavy atom. The fourth-order valence-electron chi connectivity index (χ4n) is 1.82. The monoisotopic (exact) mass is 320 g/mol. The lowest BCUT2D eigenvalue weighted by Crippen LogP contribution is -2.17. The number of ether oxygens (including phenoxy) is 2. The standard InChI is InChI=1S/C16H14F2N2O3/c1-22-13-7-6-10(8-14(13)23-2)16(21)20-19-9-11-4-3-5-12(17)15(11)18/h3-9H,1-2H3,(H,20,21). The molecule has 0 aromatic heterocycles. The van der Waals surface area contributed by atoms with E-state index in [2.05, 4.69) is 10.5 Å². The maximum absolute atomic E-state index is 13.4. The molecule has 0 aliphatic rings. The van der Waals surface area contributed by atoms with Crippen LogP contribution in [0.4, 0.5) is 8.78 Å². The smallest absolute Gasteiger partial charge is 0.271 e. The highest BCUT2D eigenvalue weighted by Gasteiger charge is 2.10. The van der Waals surface area contributed by atoms with Crippen LogP contribution in [0.15, 0.2) is 41.5 Å². The van der Waals surface area contributed by atoms with Crippen LogP contribution < -0.4 is 14.9 Å². The maximum Gasteiger partial charge on any atom is 0.271 e. The lowest BCUT2D eigenvalue weighted by molar-refractivity contribution is 0.0954. The largest absolute Gasteiger partial charge is 0.493 e. The molecule has 0 saturated carbocycles. The van der Waals surface area contributed by atoms with E-state index < -0.39 is 17.5 Å². The summed E-state index contributed by atoms with van der Waals surface area (Å²) in [6.07, 6.45) is 1.02. The van der Waals surface area contributed by atoms with Gasteiger partial charge < -0.3 is 9.47 Å². The number of carbonyl (C=O) groups excluding carboxylic acids is 1. The second-order valence-electron chi connectivity index (χ2n) is 4.41. The Morgan fingerprint density at radius 2 is 1.87 bits per heavy atom. The SMILES string of the molecule is COc1ccc(C(=O)NN=Cc2cccc(F)c2F)cc1OC. The average Bonchev–Trinajstić information content (AvgIpc) is 2.57. The van der Waals surface area contributed by atoms with Gasteiger partial charge in [0.1, 0.15) is 0 Å². The van der Waals surface area contributed by atoms with Crippen molar-refractivity contribution < 1.29 is 23.0 Å². The molecule has 0 saturated heterocycles. The molecule has 0 fully saturated rings. The Balaban J connectivity index is 2.10. The van der Waals surface area contributed by atoms with E-state index in [1.807, 2.05) is 0 Å². The molecule has 1 amide bonds. The molecule has 2 aromatic carbocycles. The van der Waals surface area contributed by atoms with Gasteiger partial charge >= 0.3 is 0 Å². The van der Waals surface area contributed by atoms with E-state index in [1.165, 1.54) is 38.5 Å². The maximum atomic E-state index is 13.4. The normalized spacial score (nSPS) is 10.6. The third-order valence-corrected chi connectivity index (χ3v) is 3.00. The van der Waals surface area contributed by atoms with Crippen molar-refractivity contribution in [1.29, 1.82) is 0 Å². The average molecular weight is 320 g/mol. The van der Waals surface area contributed by atoms with Crippen LogP contribution in [0.25, 0.3) is 0 Å². The molecular weight excluding hydrogens is 306 g/mol. The number of hydrazone groups is 1. The van der Waals surface area contributed by atoms with Crippen LogP contribution in [0.3, 0.4) is 0 Å². The summed E-state index contributed by atoms with van der Waals surface area (Å²) in [5.41, 5.74) is 2.43. The quantitative estimate of drug-likeness (QED) is 0.681. The topological polar surface area (TPSA) is 59.9 Å². The molecule has 0 aliphatic heterocycles. The van der Waals surface area contributed by atoms with Gasteiger partial charge in [-0.15, -0.1) is 0 Å². The van der Waals surface area contributed by atoms with Crippen LogP contribution in [-0.2, 0) is 0 Å². The molecule has 0 bridgehead atoms. The Hall–Kier alpha value is -2.96. The van der Waals surface area contributed by atoms with Crippen molar-refractivity contribution in [1.82, 2.24) is 5.43 Å². The molecule has 0 aliphatic carbocycles. The molecular formula is C16H14F2N2O3. The highest BCUT2D eigenvalue weighted by atomic mass is 19.2. The summed E-state index contributed by atoms with van der Waals surface area (Å²) < 4.78 is 36.6. The van der Waals surface area contributed by atoms with Crippen molar-refractivity contribution in [3.8, 4) is 11.5 Å². The fraction of sp³-hybridized carbons (Fsp3) is 0.125. The molecule has 0 heterocycles. The summed E-state index contributed by atoms with van der Waals surface area (Å²) >= 11 is 0. The van der Waals surface area contributed by atoms with E-state index in [1.54, 1.807) is 6.07 Å². The van der Waals surface area contributed by atoms with E-state index in [0.717, 1.165) is 12.3 Å². The number of amides is 1. The number of hydrogen-bond donors (Lipinski definition) is 1. The molecule has 5 nitrogen and oxygen atoms in total. The lowest BCUT2D eigenvalue weighted by Gasteiger charge is -2.08. The van der Waals surface area contributed by atoms with E-state index in [0.29, 0.717) is 11.5 Å². The minimum absolute atomic E-state index is 0.0717. The fourth-order valence-corrected chi connectivity index (χ4v) is 1.82. The van der Waals surface area contributed by atoms with Gasteiger partial charge in [-0.3, -0.25) is 4.79 Å². The molecule has 0 spiro atoms. The van der Waals surface area contributed by atoms with E-state index in [-0.39, 0.29) is 11.1 Å². The first-order chi connectivity index (χ1) is 11.1. The first-order valence-corrected chi connectivity index (χ1v) is 6.56. The minimum Gasteiger partial charge on any atom is -0.493 e. The number of carbonyl (C=O) groups is 1. The van der Waals surface area contributed by atoms with Crippen molar-refractivity contribution in [3.05, 3.63) is 59.2 Å². The highest BCUT2D eigenvalue weighted by Crippen LogP contribution is 2.27. The minimum atomic E-state index is -1.03. The molecule has 0 radical (unpaired) electrons. The van der Waals surface area contributed by atoms with Gasteiger partial charge in [0, 0.05) is 11.1 Å². The third-order valence-electron chi connectivity index (χ3n) is 3.00. The van der Waals surface area contributed by atoms with E-state index >= 15 is 0 Å². The summed E-state index contributed by atoms with van der Waals surface area (Å²) in [5.74, 6) is -1.68. The Bertz CT molecular complexity index is 748. The van der Waals surface area contributed by atoms with Crippen molar-refractivity contribution >= 4 is 12.1 Å². The van der Waals surface area contributed by atoms with Crippen LogP contribution in [0, 0.1) is 11.6 Å². The zero-order valence-corrected chi connectivity index (χ0v) is 12.5. The van der Waals surface area contributed by atoms with Crippen LogP contribution in [-0.4, -0.2) is 26.3 Å². The van der Waals surface area contributed by atoms with Crippen LogP contribution in [0.1, 0.15) is 15.9 Å². The predicted molar refractivity (Wildman–Crippen MR) is 81.0 cm³/mol. The molecule has 7 heteroatoms. The molecule has 120 valence electrons. The van der Waals surface area contributed by atoms with E-state index in [4.69, 9.17) is 9.47 Å². The number of rotatable bonds is 5. The molecule has 2 rings (SSSR count). The van der Waals surface area contributed by atoms with Crippen LogP contribution >= 0.6 is 0 Å². The van der Waals surface area contributed by atoms with Gasteiger partial charge in [0.2, 0.25) is 0 Å². The zero-order chi connectivity index (χ0) is 16.8. The van der Waals surface area contributed by atoms with Gasteiger partial charge in [0.15, 0.2) is 23.1 Å². The molecule has 0 atom stereocenters. The highest BCUT2D eigenvalue weighted by molar-refractivity contribution is 5.95. The van der Waals surface area contributed by atoms with Gasteiger partial charge in [0.25, 0.3) is 5.91 Å². The van der Waals surface area contributed by atoms with Gasteiger partial charge in [-0.1, -0.05) is 12.1 Å². The van der Waals surface area contributed by atoms with Crippen molar-refractivity contribution in [3.63, 3.8) is 0 Å². The van der Waals surface area contributed by atoms with Gasteiger partial charge in [-0.2, -0.15) is 5.10 Å². The van der Waals surface area contributed by atoms with Gasteiger partial charge in [-0.25, -0.2) is 14.2 Å². The summed E-state index contributed by atoms with van der Waals surface area (Å²) in [4.78, 5) is 12.0. The Morgan fingerprint density at radius 1 is 1.13 bits per heavy atom. The summed E-state index contributed by atoms with van der Waals surface area (Å²) in [6, 6.07) is 8.25. The summed E-state index contributed by atoms with van der Waals surface area (Å²) in [5, 5.41) is 3.61. The zero-order valence-electron chi connectivity index (χ0n) is 12.5. The van der Waals surface area contributed by atoms with Crippen LogP contribution in [0.5, 0.6) is 11.5 Å². The molecule has 23 heavy (non-hydrogen) atoms. The van der Waals surface area contributed by atoms with Gasteiger partial charge in [0.05, 0.1) is 20.4 Å². The molecule has 2 aromatic rings. The van der Waals surface area contributed by atoms with Crippen molar-refractivity contribution in [2.24, 2.45) is 5.10 Å². The first kappa shape index (κ1) is 16.4. The predicted octanol–water partition coefficient (Wildman–Crippen LogP) is 2.75. The van der Waals surface area contributed by atoms with Gasteiger partial charge in [-0.05, 0) is 24.3 Å². The van der Waals surface area contributed by atoms with E-state index in [9.17, 15) is 13.6 Å². The van der Waals surface area contributed by atoms with Crippen molar-refractivity contribution in [2.75, 3.05) is 14.2 Å². The second-order valence-corrected chi connectivity index (χ2v) is 4.41. The van der Waals surface area contributed by atoms with Crippen molar-refractivity contribution in [2.45, 2.75) is 0 Å². The number of benzene rings is 2. The number of nitrogens with zero attached hydrogens (tertiary/aromatic N) is 1. The lowest BCUT2D eigenvalue weighted by atomic mass is 10.2. The summed E-state index contributed by atoms with van der Waals surface area (Å²) in [6.45, 7) is 0. The number of nitrogens with one attached hydrogen (secondary N) is 1. The number of halogens is 2. The Kier molecular flexibility index (Phi) is 5.24. The molecule has 1 N–H and O–H groups in total. The molecule has 0 unspecified atom stereocenters. The van der Waals surface area contributed by atoms with Crippen LogP contribution in [0.2, 0.25) is 0 Å².